The summed E-state index contributed by atoms with van der Waals surface area (Å²) in [6, 6.07) is 18.5. The van der Waals surface area contributed by atoms with Crippen molar-refractivity contribution in [3.63, 3.8) is 0 Å². The number of fused-ring (bicyclic) bond motifs is 1. The maximum atomic E-state index is 13.3. The van der Waals surface area contributed by atoms with Crippen LogP contribution in [0.15, 0.2) is 65.6 Å². The zero-order valence-corrected chi connectivity index (χ0v) is 20.3. The zero-order valence-electron chi connectivity index (χ0n) is 19.5. The average Bonchev–Trinajstić information content (AvgIpc) is 2.88. The van der Waals surface area contributed by atoms with E-state index < -0.39 is 10.0 Å². The van der Waals surface area contributed by atoms with Crippen molar-refractivity contribution in [2.45, 2.75) is 24.2 Å². The third-order valence-electron chi connectivity index (χ3n) is 6.27. The molecule has 0 saturated carbocycles. The molecule has 180 valence electrons. The monoisotopic (exact) mass is 482 g/mol. The van der Waals surface area contributed by atoms with E-state index in [0.717, 1.165) is 16.3 Å². The number of piperidine rings is 1. The molecule has 0 aromatic heterocycles. The van der Waals surface area contributed by atoms with Crippen LogP contribution >= 0.6 is 0 Å². The lowest BCUT2D eigenvalue weighted by Gasteiger charge is -2.31. The Labute approximate surface area is 200 Å². The van der Waals surface area contributed by atoms with Crippen molar-refractivity contribution in [2.24, 2.45) is 5.92 Å². The Morgan fingerprint density at radius 2 is 1.76 bits per heavy atom. The van der Waals surface area contributed by atoms with E-state index in [0.29, 0.717) is 43.9 Å². The minimum atomic E-state index is -3.67. The molecule has 1 aliphatic rings. The van der Waals surface area contributed by atoms with Gasteiger partial charge >= 0.3 is 0 Å². The Bertz CT molecular complexity index is 1280. The number of methoxy groups -OCH3 is 2. The van der Waals surface area contributed by atoms with Gasteiger partial charge in [-0.3, -0.25) is 4.79 Å². The highest BCUT2D eigenvalue weighted by molar-refractivity contribution is 7.89. The molecule has 1 amide bonds. The molecule has 34 heavy (non-hydrogen) atoms. The molecule has 0 spiro atoms. The van der Waals surface area contributed by atoms with Gasteiger partial charge in [0.05, 0.1) is 25.0 Å². The van der Waals surface area contributed by atoms with Crippen LogP contribution in [0.1, 0.15) is 18.4 Å². The predicted octanol–water partition coefficient (Wildman–Crippen LogP) is 3.62. The van der Waals surface area contributed by atoms with Crippen molar-refractivity contribution < 1.29 is 22.7 Å². The Morgan fingerprint density at radius 1 is 1.00 bits per heavy atom. The largest absolute Gasteiger partial charge is 0.493 e. The lowest BCUT2D eigenvalue weighted by molar-refractivity contribution is -0.126. The van der Waals surface area contributed by atoms with Crippen LogP contribution in [0.4, 0.5) is 0 Å². The van der Waals surface area contributed by atoms with E-state index in [2.05, 4.69) is 5.32 Å². The van der Waals surface area contributed by atoms with Crippen molar-refractivity contribution in [1.29, 1.82) is 0 Å². The first-order valence-electron chi connectivity index (χ1n) is 11.4. The number of amides is 1. The van der Waals surface area contributed by atoms with Gasteiger partial charge in [0.1, 0.15) is 0 Å². The van der Waals surface area contributed by atoms with E-state index in [4.69, 9.17) is 9.47 Å². The minimum absolute atomic E-state index is 0.112. The first-order chi connectivity index (χ1) is 16.4. The van der Waals surface area contributed by atoms with Gasteiger partial charge in [0.15, 0.2) is 11.5 Å². The van der Waals surface area contributed by atoms with Gasteiger partial charge in [-0.1, -0.05) is 36.4 Å². The van der Waals surface area contributed by atoms with Gasteiger partial charge in [-0.25, -0.2) is 8.42 Å². The number of sulfonamides is 1. The third kappa shape index (κ3) is 5.18. The second kappa shape index (κ2) is 10.4. The first-order valence-corrected chi connectivity index (χ1v) is 12.8. The summed E-state index contributed by atoms with van der Waals surface area (Å²) < 4.78 is 38.6. The van der Waals surface area contributed by atoms with Crippen LogP contribution in [-0.2, 0) is 21.2 Å². The molecular weight excluding hydrogens is 452 g/mol. The van der Waals surface area contributed by atoms with Gasteiger partial charge in [-0.2, -0.15) is 4.31 Å². The maximum absolute atomic E-state index is 13.3. The molecule has 0 bridgehead atoms. The van der Waals surface area contributed by atoms with E-state index in [1.54, 1.807) is 26.4 Å². The fourth-order valence-electron chi connectivity index (χ4n) is 4.36. The molecule has 1 saturated heterocycles. The van der Waals surface area contributed by atoms with Crippen LogP contribution in [0.2, 0.25) is 0 Å². The summed E-state index contributed by atoms with van der Waals surface area (Å²) in [5.74, 6) is 0.826. The number of carbonyl (C=O) groups is 1. The molecule has 1 N–H and O–H groups in total. The second-order valence-corrected chi connectivity index (χ2v) is 10.4. The average molecular weight is 483 g/mol. The molecule has 1 fully saturated rings. The van der Waals surface area contributed by atoms with Crippen LogP contribution in [-0.4, -0.2) is 52.5 Å². The van der Waals surface area contributed by atoms with E-state index in [9.17, 15) is 13.2 Å². The van der Waals surface area contributed by atoms with Crippen molar-refractivity contribution in [3.05, 3.63) is 66.2 Å². The fraction of sp³-hybridized carbons (Fsp3) is 0.346. The number of ether oxygens (including phenoxy) is 2. The quantitative estimate of drug-likeness (QED) is 0.530. The Morgan fingerprint density at radius 3 is 2.53 bits per heavy atom. The summed E-state index contributed by atoms with van der Waals surface area (Å²) in [6.45, 7) is 1.07. The number of hydrogen-bond donors (Lipinski definition) is 1. The van der Waals surface area contributed by atoms with Crippen LogP contribution in [0.5, 0.6) is 11.5 Å². The molecule has 4 rings (SSSR count). The van der Waals surface area contributed by atoms with Gasteiger partial charge in [0, 0.05) is 19.6 Å². The molecule has 8 heteroatoms. The topological polar surface area (TPSA) is 84.9 Å². The zero-order chi connectivity index (χ0) is 24.1. The lowest BCUT2D eigenvalue weighted by atomic mass is 9.99. The first kappa shape index (κ1) is 24.0. The minimum Gasteiger partial charge on any atom is -0.493 e. The van der Waals surface area contributed by atoms with Gasteiger partial charge < -0.3 is 14.8 Å². The summed E-state index contributed by atoms with van der Waals surface area (Å²) in [6.07, 6.45) is 1.96. The van der Waals surface area contributed by atoms with Crippen molar-refractivity contribution >= 4 is 26.7 Å². The Balaban J connectivity index is 1.37. The Kier molecular flexibility index (Phi) is 7.38. The molecule has 7 nitrogen and oxygen atoms in total. The van der Waals surface area contributed by atoms with Crippen LogP contribution in [0.3, 0.4) is 0 Å². The van der Waals surface area contributed by atoms with Crippen LogP contribution in [0, 0.1) is 5.92 Å². The number of benzene rings is 3. The maximum Gasteiger partial charge on any atom is 0.243 e. The molecule has 1 aliphatic heterocycles. The summed E-state index contributed by atoms with van der Waals surface area (Å²) in [5.41, 5.74) is 1.02. The molecule has 3 aromatic carbocycles. The summed E-state index contributed by atoms with van der Waals surface area (Å²) >= 11 is 0. The van der Waals surface area contributed by atoms with Crippen molar-refractivity contribution in [2.75, 3.05) is 33.9 Å². The Hall–Kier alpha value is -3.10. The predicted molar refractivity (Wildman–Crippen MR) is 132 cm³/mol. The van der Waals surface area contributed by atoms with Gasteiger partial charge in [-0.15, -0.1) is 0 Å². The third-order valence-corrected chi connectivity index (χ3v) is 8.14. The lowest BCUT2D eigenvalue weighted by Crippen LogP contribution is -2.45. The smallest absolute Gasteiger partial charge is 0.243 e. The molecule has 0 unspecified atom stereocenters. The number of carbonyl (C=O) groups excluding carboxylic acids is 1. The summed E-state index contributed by atoms with van der Waals surface area (Å²) in [5, 5.41) is 4.84. The molecular formula is C26H30N2O5S. The highest BCUT2D eigenvalue weighted by atomic mass is 32.2. The number of rotatable bonds is 8. The van der Waals surface area contributed by atoms with Gasteiger partial charge in [0.2, 0.25) is 15.9 Å². The van der Waals surface area contributed by atoms with Crippen molar-refractivity contribution in [3.8, 4) is 11.5 Å². The van der Waals surface area contributed by atoms with E-state index in [-0.39, 0.29) is 23.3 Å². The van der Waals surface area contributed by atoms with Gasteiger partial charge in [-0.05, 0) is 59.9 Å². The number of hydrogen-bond acceptors (Lipinski definition) is 5. The standard InChI is InChI=1S/C26H30N2O5S/c1-32-24-12-9-19(16-25(24)33-2)13-14-27-26(29)22-8-5-15-28(18-22)34(30,31)23-11-10-20-6-3-4-7-21(20)17-23/h3-4,6-7,9-12,16-17,22H,5,8,13-15,18H2,1-2H3,(H,27,29)/t22-/m1/s1. The van der Waals surface area contributed by atoms with E-state index in [1.807, 2.05) is 48.5 Å². The molecule has 0 aliphatic carbocycles. The summed E-state index contributed by atoms with van der Waals surface area (Å²) in [4.78, 5) is 13.1. The molecule has 1 atom stereocenters. The van der Waals surface area contributed by atoms with Crippen molar-refractivity contribution in [1.82, 2.24) is 9.62 Å². The second-order valence-electron chi connectivity index (χ2n) is 8.44. The van der Waals surface area contributed by atoms with E-state index in [1.165, 1.54) is 4.31 Å². The van der Waals surface area contributed by atoms with E-state index >= 15 is 0 Å². The highest BCUT2D eigenvalue weighted by Crippen LogP contribution is 2.28. The van der Waals surface area contributed by atoms with Crippen LogP contribution < -0.4 is 14.8 Å². The normalized spacial score (nSPS) is 16.8. The molecule has 0 radical (unpaired) electrons. The number of nitrogens with zero attached hydrogens (tertiary/aromatic N) is 1. The highest BCUT2D eigenvalue weighted by Gasteiger charge is 2.33. The molecule has 3 aromatic rings. The van der Waals surface area contributed by atoms with Gasteiger partial charge in [0.25, 0.3) is 0 Å². The SMILES string of the molecule is COc1ccc(CCNC(=O)[C@@H]2CCCN(S(=O)(=O)c3ccc4ccccc4c3)C2)cc1OC. The number of nitrogens with one attached hydrogen (secondary N) is 1. The van der Waals surface area contributed by atoms with Crippen LogP contribution in [0.25, 0.3) is 10.8 Å². The molecule has 1 heterocycles. The summed E-state index contributed by atoms with van der Waals surface area (Å²) in [7, 11) is -0.494. The fourth-order valence-corrected chi connectivity index (χ4v) is 5.92.